The molecule has 29 heavy (non-hydrogen) atoms. The summed E-state index contributed by atoms with van der Waals surface area (Å²) in [6.45, 7) is 2.55. The molecule has 4 rings (SSSR count). The molecular weight excluding hydrogens is 388 g/mol. The van der Waals surface area contributed by atoms with E-state index in [1.165, 1.54) is 18.9 Å². The number of thioether (sulfide) groups is 1. The number of carbonyl (C=O) groups is 1. The van der Waals surface area contributed by atoms with Crippen LogP contribution in [0, 0.1) is 0 Å². The number of ether oxygens (including phenoxy) is 2. The van der Waals surface area contributed by atoms with Crippen molar-refractivity contribution in [1.82, 2.24) is 19.7 Å². The highest BCUT2D eigenvalue weighted by atomic mass is 32.2. The summed E-state index contributed by atoms with van der Waals surface area (Å²) in [4.78, 5) is 14.9. The number of carbonyl (C=O) groups excluding carboxylic acids is 1. The Morgan fingerprint density at radius 1 is 1.14 bits per heavy atom. The second-order valence-electron chi connectivity index (χ2n) is 6.18. The van der Waals surface area contributed by atoms with Crippen LogP contribution in [-0.2, 0) is 9.53 Å². The van der Waals surface area contributed by atoms with E-state index in [0.717, 1.165) is 27.9 Å². The van der Waals surface area contributed by atoms with Gasteiger partial charge in [0.15, 0.2) is 11.0 Å². The van der Waals surface area contributed by atoms with Crippen LogP contribution in [0.3, 0.4) is 0 Å². The third kappa shape index (κ3) is 3.84. The number of nitrogens with one attached hydrogen (secondary N) is 1. The topological polar surface area (TPSA) is 82.0 Å². The lowest BCUT2D eigenvalue weighted by atomic mass is 10.1. The molecular formula is C21H20N4O3S. The normalized spacial score (nSPS) is 11.0. The van der Waals surface area contributed by atoms with Crippen LogP contribution in [0.5, 0.6) is 5.75 Å². The van der Waals surface area contributed by atoms with Crippen LogP contribution < -0.4 is 4.74 Å². The molecule has 2 aromatic carbocycles. The molecule has 1 N–H and O–H groups in total. The lowest BCUT2D eigenvalue weighted by Gasteiger charge is -2.11. The number of para-hydroxylation sites is 1. The lowest BCUT2D eigenvalue weighted by molar-refractivity contribution is -0.137. The zero-order chi connectivity index (χ0) is 20.2. The van der Waals surface area contributed by atoms with E-state index < -0.39 is 0 Å². The molecule has 0 aliphatic carbocycles. The fraction of sp³-hybridized carbons (Fsp3) is 0.190. The van der Waals surface area contributed by atoms with Gasteiger partial charge in [-0.05, 0) is 37.3 Å². The number of methoxy groups -OCH3 is 1. The van der Waals surface area contributed by atoms with Gasteiger partial charge in [-0.1, -0.05) is 30.0 Å². The lowest BCUT2D eigenvalue weighted by Crippen LogP contribution is -2.05. The molecule has 0 saturated carbocycles. The molecule has 7 nitrogen and oxygen atoms in total. The summed E-state index contributed by atoms with van der Waals surface area (Å²) in [6, 6.07) is 15.8. The highest BCUT2D eigenvalue weighted by Crippen LogP contribution is 2.32. The van der Waals surface area contributed by atoms with Gasteiger partial charge >= 0.3 is 5.97 Å². The number of hydrogen-bond acceptors (Lipinski definition) is 6. The quantitative estimate of drug-likeness (QED) is 0.367. The molecule has 0 radical (unpaired) electrons. The number of fused-ring (bicyclic) bond motifs is 1. The molecule has 2 heterocycles. The molecule has 0 atom stereocenters. The minimum absolute atomic E-state index is 0.152. The van der Waals surface area contributed by atoms with Gasteiger partial charge in [0.05, 0.1) is 19.5 Å². The number of benzene rings is 2. The van der Waals surface area contributed by atoms with Crippen LogP contribution in [0.1, 0.15) is 6.92 Å². The maximum atomic E-state index is 11.6. The van der Waals surface area contributed by atoms with E-state index in [1.54, 1.807) is 0 Å². The number of H-pyrrole nitrogens is 1. The van der Waals surface area contributed by atoms with Gasteiger partial charge in [-0.25, -0.2) is 0 Å². The molecule has 2 aromatic heterocycles. The maximum Gasteiger partial charge on any atom is 0.316 e. The SMILES string of the molecule is CCOc1ccc(-n2c(SCC(=O)OC)nnc2-c2c[nH]c3ccccc23)cc1. The van der Waals surface area contributed by atoms with Crippen molar-refractivity contribution in [2.24, 2.45) is 0 Å². The monoisotopic (exact) mass is 408 g/mol. The smallest absolute Gasteiger partial charge is 0.316 e. The Morgan fingerprint density at radius 3 is 2.69 bits per heavy atom. The summed E-state index contributed by atoms with van der Waals surface area (Å²) in [5, 5.41) is 10.4. The van der Waals surface area contributed by atoms with E-state index in [-0.39, 0.29) is 11.7 Å². The van der Waals surface area contributed by atoms with E-state index in [2.05, 4.69) is 15.2 Å². The van der Waals surface area contributed by atoms with E-state index in [0.29, 0.717) is 17.6 Å². The summed E-state index contributed by atoms with van der Waals surface area (Å²) in [5.74, 6) is 1.32. The molecule has 0 aliphatic rings. The molecule has 0 unspecified atom stereocenters. The van der Waals surface area contributed by atoms with Gasteiger partial charge in [-0.3, -0.25) is 9.36 Å². The van der Waals surface area contributed by atoms with Gasteiger partial charge in [0.2, 0.25) is 0 Å². The van der Waals surface area contributed by atoms with Crippen LogP contribution in [-0.4, -0.2) is 45.2 Å². The molecule has 0 amide bonds. The first-order valence-electron chi connectivity index (χ1n) is 9.16. The Kier molecular flexibility index (Phi) is 5.53. The summed E-state index contributed by atoms with van der Waals surface area (Å²) >= 11 is 1.29. The second-order valence-corrected chi connectivity index (χ2v) is 7.12. The first-order chi connectivity index (χ1) is 14.2. The second kappa shape index (κ2) is 8.40. The largest absolute Gasteiger partial charge is 0.494 e. The number of aromatic nitrogens is 4. The molecule has 0 bridgehead atoms. The van der Waals surface area contributed by atoms with Crippen molar-refractivity contribution in [3.8, 4) is 22.8 Å². The van der Waals surface area contributed by atoms with Crippen molar-refractivity contribution < 1.29 is 14.3 Å². The van der Waals surface area contributed by atoms with Crippen molar-refractivity contribution in [3.63, 3.8) is 0 Å². The average molecular weight is 408 g/mol. The molecule has 148 valence electrons. The zero-order valence-electron chi connectivity index (χ0n) is 16.1. The first kappa shape index (κ1) is 19.1. The van der Waals surface area contributed by atoms with Crippen LogP contribution in [0.2, 0.25) is 0 Å². The summed E-state index contributed by atoms with van der Waals surface area (Å²) in [6.07, 6.45) is 1.93. The molecule has 0 aliphatic heterocycles. The Balaban J connectivity index is 1.81. The fourth-order valence-corrected chi connectivity index (χ4v) is 3.85. The fourth-order valence-electron chi connectivity index (χ4n) is 3.07. The Hall–Kier alpha value is -3.26. The van der Waals surface area contributed by atoms with Crippen molar-refractivity contribution in [1.29, 1.82) is 0 Å². The number of nitrogens with zero attached hydrogens (tertiary/aromatic N) is 3. The van der Waals surface area contributed by atoms with Crippen LogP contribution in [0.15, 0.2) is 59.9 Å². The highest BCUT2D eigenvalue weighted by molar-refractivity contribution is 7.99. The van der Waals surface area contributed by atoms with E-state index in [9.17, 15) is 4.79 Å². The number of hydrogen-bond donors (Lipinski definition) is 1. The first-order valence-corrected chi connectivity index (χ1v) is 10.1. The van der Waals surface area contributed by atoms with Crippen molar-refractivity contribution in [2.75, 3.05) is 19.5 Å². The van der Waals surface area contributed by atoms with Crippen molar-refractivity contribution in [3.05, 3.63) is 54.7 Å². The van der Waals surface area contributed by atoms with Crippen LogP contribution >= 0.6 is 11.8 Å². The predicted octanol–water partition coefficient (Wildman–Crippen LogP) is 4.08. The summed E-state index contributed by atoms with van der Waals surface area (Å²) in [7, 11) is 1.37. The van der Waals surface area contributed by atoms with Gasteiger partial charge in [-0.2, -0.15) is 0 Å². The average Bonchev–Trinajstić information content (AvgIpc) is 3.36. The predicted molar refractivity (Wildman–Crippen MR) is 113 cm³/mol. The minimum Gasteiger partial charge on any atom is -0.494 e. The molecule has 4 aromatic rings. The zero-order valence-corrected chi connectivity index (χ0v) is 16.9. The summed E-state index contributed by atoms with van der Waals surface area (Å²) in [5.41, 5.74) is 2.84. The van der Waals surface area contributed by atoms with Gasteiger partial charge in [0.1, 0.15) is 5.75 Å². The Labute approximate surface area is 172 Å². The molecule has 0 saturated heterocycles. The Bertz CT molecular complexity index is 1130. The van der Waals surface area contributed by atoms with E-state index >= 15 is 0 Å². The third-order valence-electron chi connectivity index (χ3n) is 4.42. The standard InChI is InChI=1S/C21H20N4O3S/c1-3-28-15-10-8-14(9-11-15)25-20(23-24-21(25)29-13-19(26)27-2)17-12-22-18-7-5-4-6-16(17)18/h4-12,22H,3,13H2,1-2H3. The van der Waals surface area contributed by atoms with Gasteiger partial charge < -0.3 is 14.5 Å². The van der Waals surface area contributed by atoms with Crippen LogP contribution in [0.25, 0.3) is 28.0 Å². The highest BCUT2D eigenvalue weighted by Gasteiger charge is 2.19. The minimum atomic E-state index is -0.315. The van der Waals surface area contributed by atoms with Crippen molar-refractivity contribution >= 4 is 28.6 Å². The summed E-state index contributed by atoms with van der Waals surface area (Å²) < 4.78 is 12.3. The van der Waals surface area contributed by atoms with Gasteiger partial charge in [0.25, 0.3) is 0 Å². The third-order valence-corrected chi connectivity index (χ3v) is 5.32. The van der Waals surface area contributed by atoms with E-state index in [1.807, 2.05) is 66.2 Å². The van der Waals surface area contributed by atoms with E-state index in [4.69, 9.17) is 9.47 Å². The Morgan fingerprint density at radius 2 is 1.93 bits per heavy atom. The van der Waals surface area contributed by atoms with Crippen molar-refractivity contribution in [2.45, 2.75) is 12.1 Å². The maximum absolute atomic E-state index is 11.6. The number of aromatic amines is 1. The number of rotatable bonds is 7. The molecule has 8 heteroatoms. The molecule has 0 fully saturated rings. The number of esters is 1. The van der Waals surface area contributed by atoms with Gasteiger partial charge in [-0.15, -0.1) is 10.2 Å². The van der Waals surface area contributed by atoms with Gasteiger partial charge in [0, 0.05) is 28.4 Å². The molecule has 0 spiro atoms. The van der Waals surface area contributed by atoms with Crippen LogP contribution in [0.4, 0.5) is 0 Å².